The topological polar surface area (TPSA) is 64.6 Å². The molecule has 1 fully saturated rings. The van der Waals surface area contributed by atoms with E-state index in [0.29, 0.717) is 17.6 Å². The molecule has 1 aromatic carbocycles. The van der Waals surface area contributed by atoms with Crippen LogP contribution in [0.5, 0.6) is 5.75 Å². The number of hydrogen-bond acceptors (Lipinski definition) is 4. The summed E-state index contributed by atoms with van der Waals surface area (Å²) in [5.41, 5.74) is 0.774. The third kappa shape index (κ3) is 5.62. The van der Waals surface area contributed by atoms with E-state index in [1.165, 1.54) is 12.5 Å². The molecule has 0 aromatic heterocycles. The van der Waals surface area contributed by atoms with Gasteiger partial charge in [0.05, 0.1) is 7.11 Å². The lowest BCUT2D eigenvalue weighted by Gasteiger charge is -2.34. The lowest BCUT2D eigenvalue weighted by molar-refractivity contribution is -0.144. The summed E-state index contributed by atoms with van der Waals surface area (Å²) in [7, 11) is 1.57. The molecule has 0 aliphatic heterocycles. The van der Waals surface area contributed by atoms with Crippen LogP contribution < -0.4 is 10.1 Å². The second kappa shape index (κ2) is 9.25. The van der Waals surface area contributed by atoms with E-state index in [1.54, 1.807) is 13.2 Å². The van der Waals surface area contributed by atoms with Crippen LogP contribution in [0.4, 0.5) is 0 Å². The first-order valence-corrected chi connectivity index (χ1v) is 8.78. The van der Waals surface area contributed by atoms with Gasteiger partial charge in [0.15, 0.2) is 6.61 Å². The van der Waals surface area contributed by atoms with Gasteiger partial charge in [0.2, 0.25) is 0 Å². The number of hydrogen-bond donors (Lipinski definition) is 1. The van der Waals surface area contributed by atoms with Gasteiger partial charge < -0.3 is 14.8 Å². The molecule has 1 aromatic rings. The number of amides is 1. The van der Waals surface area contributed by atoms with Crippen molar-refractivity contribution in [2.75, 3.05) is 13.7 Å². The molecule has 5 heteroatoms. The molecule has 1 amide bonds. The van der Waals surface area contributed by atoms with Gasteiger partial charge in [0.25, 0.3) is 5.91 Å². The second-order valence-corrected chi connectivity index (χ2v) is 6.62. The van der Waals surface area contributed by atoms with Crippen molar-refractivity contribution >= 4 is 18.0 Å². The zero-order valence-electron chi connectivity index (χ0n) is 15.2. The summed E-state index contributed by atoms with van der Waals surface area (Å²) in [6.45, 7) is 4.12. The van der Waals surface area contributed by atoms with E-state index in [9.17, 15) is 9.59 Å². The van der Waals surface area contributed by atoms with E-state index in [2.05, 4.69) is 19.2 Å². The summed E-state index contributed by atoms with van der Waals surface area (Å²) in [4.78, 5) is 23.8. The zero-order valence-corrected chi connectivity index (χ0v) is 15.2. The normalized spacial score (nSPS) is 23.2. The largest absolute Gasteiger partial charge is 0.496 e. The van der Waals surface area contributed by atoms with E-state index < -0.39 is 5.97 Å². The lowest BCUT2D eigenvalue weighted by Crippen LogP contribution is -2.45. The van der Waals surface area contributed by atoms with Gasteiger partial charge in [-0.05, 0) is 30.4 Å². The van der Waals surface area contributed by atoms with E-state index in [4.69, 9.17) is 9.47 Å². The predicted molar refractivity (Wildman–Crippen MR) is 97.1 cm³/mol. The molecule has 0 heterocycles. The van der Waals surface area contributed by atoms with Gasteiger partial charge in [0.1, 0.15) is 5.75 Å². The summed E-state index contributed by atoms with van der Waals surface area (Å²) in [5, 5.41) is 2.99. The quantitative estimate of drug-likeness (QED) is 0.635. The monoisotopic (exact) mass is 345 g/mol. The fourth-order valence-corrected chi connectivity index (χ4v) is 3.18. The number of ether oxygens (including phenoxy) is 2. The molecule has 5 nitrogen and oxygen atoms in total. The fourth-order valence-electron chi connectivity index (χ4n) is 3.18. The summed E-state index contributed by atoms with van der Waals surface area (Å²) in [6, 6.07) is 7.52. The van der Waals surface area contributed by atoms with Crippen LogP contribution in [-0.4, -0.2) is 31.6 Å². The predicted octanol–water partition coefficient (Wildman–Crippen LogP) is 3.19. The molecule has 2 rings (SSSR count). The van der Waals surface area contributed by atoms with Crippen LogP contribution in [0, 0.1) is 11.8 Å². The fraction of sp³-hybridized carbons (Fsp3) is 0.500. The average Bonchev–Trinajstić information content (AvgIpc) is 2.62. The highest BCUT2D eigenvalue weighted by Gasteiger charge is 2.28. The van der Waals surface area contributed by atoms with Crippen LogP contribution in [0.15, 0.2) is 30.3 Å². The summed E-state index contributed by atoms with van der Waals surface area (Å²) in [6.07, 6.45) is 6.23. The summed E-state index contributed by atoms with van der Waals surface area (Å²) in [5.74, 6) is 0.921. The molecule has 25 heavy (non-hydrogen) atoms. The first-order chi connectivity index (χ1) is 12.0. The van der Waals surface area contributed by atoms with Crippen molar-refractivity contribution in [1.82, 2.24) is 5.32 Å². The summed E-state index contributed by atoms with van der Waals surface area (Å²) >= 11 is 0. The number of carbonyl (C=O) groups is 2. The number of benzene rings is 1. The van der Waals surface area contributed by atoms with Crippen LogP contribution in [0.25, 0.3) is 6.08 Å². The Balaban J connectivity index is 1.79. The first-order valence-electron chi connectivity index (χ1n) is 8.78. The highest BCUT2D eigenvalue weighted by Crippen LogP contribution is 2.29. The maximum absolute atomic E-state index is 12.0. The molecule has 1 saturated carbocycles. The molecular weight excluding hydrogens is 318 g/mol. The minimum Gasteiger partial charge on any atom is -0.496 e. The van der Waals surface area contributed by atoms with E-state index in [1.807, 2.05) is 24.3 Å². The zero-order chi connectivity index (χ0) is 18.2. The van der Waals surface area contributed by atoms with Gasteiger partial charge in [0, 0.05) is 17.7 Å². The number of nitrogens with one attached hydrogen (secondary N) is 1. The van der Waals surface area contributed by atoms with Crippen LogP contribution in [-0.2, 0) is 14.3 Å². The SMILES string of the molecule is COc1ccccc1/C=C/C(=O)OCC(=O)N[C@H]1CCC[C@H](C)[C@H]1C. The van der Waals surface area contributed by atoms with Gasteiger partial charge in [-0.1, -0.05) is 44.9 Å². The second-order valence-electron chi connectivity index (χ2n) is 6.62. The van der Waals surface area contributed by atoms with Crippen LogP contribution in [0.1, 0.15) is 38.7 Å². The average molecular weight is 345 g/mol. The van der Waals surface area contributed by atoms with Crippen LogP contribution in [0.2, 0.25) is 0 Å². The Kier molecular flexibility index (Phi) is 7.04. The Hall–Kier alpha value is -2.30. The van der Waals surface area contributed by atoms with Gasteiger partial charge >= 0.3 is 5.97 Å². The highest BCUT2D eigenvalue weighted by molar-refractivity contribution is 5.89. The molecule has 1 N–H and O–H groups in total. The molecular formula is C20H27NO4. The Morgan fingerprint density at radius 2 is 2.00 bits per heavy atom. The van der Waals surface area contributed by atoms with Crippen molar-refractivity contribution in [1.29, 1.82) is 0 Å². The van der Waals surface area contributed by atoms with Crippen molar-refractivity contribution in [2.24, 2.45) is 11.8 Å². The molecule has 1 aliphatic carbocycles. The minimum absolute atomic E-state index is 0.166. The van der Waals surface area contributed by atoms with Gasteiger partial charge in [-0.25, -0.2) is 4.79 Å². The Morgan fingerprint density at radius 1 is 1.24 bits per heavy atom. The van der Waals surface area contributed by atoms with Crippen molar-refractivity contribution in [3.63, 3.8) is 0 Å². The Labute approximate surface area is 149 Å². The van der Waals surface area contributed by atoms with E-state index in [-0.39, 0.29) is 18.6 Å². The molecule has 0 bridgehead atoms. The molecule has 0 radical (unpaired) electrons. The maximum atomic E-state index is 12.0. The Bertz CT molecular complexity index is 626. The molecule has 136 valence electrons. The molecule has 0 spiro atoms. The minimum atomic E-state index is -0.550. The third-order valence-electron chi connectivity index (χ3n) is 4.94. The molecule has 0 saturated heterocycles. The van der Waals surface area contributed by atoms with Crippen LogP contribution >= 0.6 is 0 Å². The molecule has 1 aliphatic rings. The first kappa shape index (κ1) is 19.0. The van der Waals surface area contributed by atoms with E-state index in [0.717, 1.165) is 18.4 Å². The number of esters is 1. The smallest absolute Gasteiger partial charge is 0.331 e. The lowest BCUT2D eigenvalue weighted by atomic mass is 9.78. The van der Waals surface area contributed by atoms with E-state index >= 15 is 0 Å². The number of rotatable bonds is 6. The van der Waals surface area contributed by atoms with Gasteiger partial charge in [-0.2, -0.15) is 0 Å². The summed E-state index contributed by atoms with van der Waals surface area (Å²) < 4.78 is 10.2. The Morgan fingerprint density at radius 3 is 2.76 bits per heavy atom. The highest BCUT2D eigenvalue weighted by atomic mass is 16.5. The van der Waals surface area contributed by atoms with Gasteiger partial charge in [-0.3, -0.25) is 4.79 Å². The van der Waals surface area contributed by atoms with Crippen molar-refractivity contribution in [2.45, 2.75) is 39.2 Å². The van der Waals surface area contributed by atoms with Crippen molar-refractivity contribution in [3.05, 3.63) is 35.9 Å². The molecule has 3 atom stereocenters. The number of para-hydroxylation sites is 1. The molecule has 0 unspecified atom stereocenters. The van der Waals surface area contributed by atoms with Gasteiger partial charge in [-0.15, -0.1) is 0 Å². The third-order valence-corrected chi connectivity index (χ3v) is 4.94. The number of methoxy groups -OCH3 is 1. The van der Waals surface area contributed by atoms with Crippen LogP contribution in [0.3, 0.4) is 0 Å². The van der Waals surface area contributed by atoms with Crippen molar-refractivity contribution < 1.29 is 19.1 Å². The maximum Gasteiger partial charge on any atom is 0.331 e. The van der Waals surface area contributed by atoms with Crippen molar-refractivity contribution in [3.8, 4) is 5.75 Å². The standard InChI is InChI=1S/C20H27NO4/c1-14-7-6-9-17(15(14)2)21-19(22)13-25-20(23)12-11-16-8-4-5-10-18(16)24-3/h4-5,8,10-12,14-15,17H,6-7,9,13H2,1-3H3,(H,21,22)/b12-11+/t14-,15+,17-/m0/s1. The number of carbonyl (C=O) groups excluding carboxylic acids is 2.